The van der Waals surface area contributed by atoms with Crippen LogP contribution in [0.5, 0.6) is 0 Å². The number of likely N-dealkylation sites (tertiary alicyclic amines) is 1. The molecule has 2 fully saturated rings. The molecule has 1 aromatic carbocycles. The standard InChI is InChI=1S/C18H27N3O2/c1-12-4-3-5-16(13(12)2)20-8-6-15(7-9-20)21-11-14(19)10-17(21)18(22)23/h3-5,14-15,17H,6-11,19H2,1-2H3,(H,22,23)/t14-,17-/m0/s1. The van der Waals surface area contributed by atoms with Gasteiger partial charge >= 0.3 is 5.97 Å². The molecule has 0 radical (unpaired) electrons. The highest BCUT2D eigenvalue weighted by Crippen LogP contribution is 2.30. The molecule has 5 nitrogen and oxygen atoms in total. The lowest BCUT2D eigenvalue weighted by molar-refractivity contribution is -0.143. The minimum atomic E-state index is -0.727. The van der Waals surface area contributed by atoms with Crippen LogP contribution in [-0.4, -0.2) is 53.7 Å². The number of nitrogens with zero attached hydrogens (tertiary/aromatic N) is 2. The van der Waals surface area contributed by atoms with Crippen LogP contribution in [0.25, 0.3) is 0 Å². The summed E-state index contributed by atoms with van der Waals surface area (Å²) in [5.41, 5.74) is 9.98. The van der Waals surface area contributed by atoms with Gasteiger partial charge in [-0.2, -0.15) is 0 Å². The smallest absolute Gasteiger partial charge is 0.320 e. The molecule has 2 aliphatic heterocycles. The van der Waals surface area contributed by atoms with E-state index in [0.717, 1.165) is 25.9 Å². The number of carboxylic acid groups (broad SMARTS) is 1. The number of carbonyl (C=O) groups is 1. The Balaban J connectivity index is 1.66. The predicted octanol–water partition coefficient (Wildman–Crippen LogP) is 1.76. The van der Waals surface area contributed by atoms with Crippen LogP contribution < -0.4 is 10.6 Å². The van der Waals surface area contributed by atoms with Gasteiger partial charge in [0.1, 0.15) is 6.04 Å². The Morgan fingerprint density at radius 3 is 2.61 bits per heavy atom. The average molecular weight is 317 g/mol. The van der Waals surface area contributed by atoms with E-state index in [1.165, 1.54) is 16.8 Å². The number of benzene rings is 1. The Kier molecular flexibility index (Phi) is 4.60. The average Bonchev–Trinajstić information content (AvgIpc) is 2.92. The van der Waals surface area contributed by atoms with Gasteiger partial charge in [0, 0.05) is 37.4 Å². The lowest BCUT2D eigenvalue weighted by Crippen LogP contribution is -2.49. The molecule has 0 amide bonds. The summed E-state index contributed by atoms with van der Waals surface area (Å²) in [6.45, 7) is 7.00. The fourth-order valence-corrected chi connectivity index (χ4v) is 4.06. The molecular formula is C18H27N3O2. The molecule has 2 heterocycles. The SMILES string of the molecule is Cc1cccc(N2CCC(N3C[C@@H](N)C[C@H]3C(=O)O)CC2)c1C. The van der Waals surface area contributed by atoms with Crippen molar-refractivity contribution >= 4 is 11.7 Å². The number of aryl methyl sites for hydroxylation is 1. The van der Waals surface area contributed by atoms with E-state index in [1.807, 2.05) is 0 Å². The highest BCUT2D eigenvalue weighted by Gasteiger charge is 2.40. The first-order valence-electron chi connectivity index (χ1n) is 8.52. The molecule has 0 saturated carbocycles. The van der Waals surface area contributed by atoms with E-state index < -0.39 is 12.0 Å². The molecule has 3 N–H and O–H groups in total. The van der Waals surface area contributed by atoms with Crippen molar-refractivity contribution in [1.82, 2.24) is 4.90 Å². The van der Waals surface area contributed by atoms with Crippen molar-refractivity contribution in [2.45, 2.75) is 51.2 Å². The number of hydrogen-bond donors (Lipinski definition) is 2. The minimum Gasteiger partial charge on any atom is -0.480 e. The van der Waals surface area contributed by atoms with Gasteiger partial charge < -0.3 is 15.7 Å². The fourth-order valence-electron chi connectivity index (χ4n) is 4.06. The highest BCUT2D eigenvalue weighted by atomic mass is 16.4. The van der Waals surface area contributed by atoms with E-state index >= 15 is 0 Å². The quantitative estimate of drug-likeness (QED) is 0.889. The number of nitrogens with two attached hydrogens (primary N) is 1. The van der Waals surface area contributed by atoms with Gasteiger partial charge in [0.05, 0.1) is 0 Å². The highest BCUT2D eigenvalue weighted by molar-refractivity contribution is 5.74. The Hall–Kier alpha value is -1.59. The zero-order valence-corrected chi connectivity index (χ0v) is 14.0. The number of anilines is 1. The van der Waals surface area contributed by atoms with Crippen LogP contribution in [0.1, 0.15) is 30.4 Å². The summed E-state index contributed by atoms with van der Waals surface area (Å²) in [4.78, 5) is 16.0. The van der Waals surface area contributed by atoms with Crippen molar-refractivity contribution in [3.05, 3.63) is 29.3 Å². The molecule has 0 spiro atoms. The minimum absolute atomic E-state index is 0.00635. The van der Waals surface area contributed by atoms with Crippen molar-refractivity contribution in [2.24, 2.45) is 5.73 Å². The van der Waals surface area contributed by atoms with E-state index in [-0.39, 0.29) is 6.04 Å². The van der Waals surface area contributed by atoms with Crippen LogP contribution in [0, 0.1) is 13.8 Å². The molecule has 2 atom stereocenters. The van der Waals surface area contributed by atoms with Crippen molar-refractivity contribution in [1.29, 1.82) is 0 Å². The summed E-state index contributed by atoms with van der Waals surface area (Å²) < 4.78 is 0. The normalized spacial score (nSPS) is 26.7. The van der Waals surface area contributed by atoms with Crippen LogP contribution in [-0.2, 0) is 4.79 Å². The molecule has 5 heteroatoms. The van der Waals surface area contributed by atoms with Gasteiger partial charge in [0.2, 0.25) is 0 Å². The third kappa shape index (κ3) is 3.21. The number of aliphatic carboxylic acids is 1. The van der Waals surface area contributed by atoms with Crippen LogP contribution in [0.4, 0.5) is 5.69 Å². The first kappa shape index (κ1) is 16.3. The maximum atomic E-state index is 11.5. The number of rotatable bonds is 3. The molecule has 0 bridgehead atoms. The number of piperidine rings is 1. The van der Waals surface area contributed by atoms with E-state index in [9.17, 15) is 9.90 Å². The summed E-state index contributed by atoms with van der Waals surface area (Å²) in [6.07, 6.45) is 2.58. The number of hydrogen-bond acceptors (Lipinski definition) is 4. The van der Waals surface area contributed by atoms with Gasteiger partial charge in [-0.3, -0.25) is 9.69 Å². The van der Waals surface area contributed by atoms with Gasteiger partial charge in [-0.15, -0.1) is 0 Å². The summed E-state index contributed by atoms with van der Waals surface area (Å²) in [5.74, 6) is -0.727. The lowest BCUT2D eigenvalue weighted by atomic mass is 9.99. The third-order valence-electron chi connectivity index (χ3n) is 5.51. The van der Waals surface area contributed by atoms with Crippen LogP contribution >= 0.6 is 0 Å². The maximum absolute atomic E-state index is 11.5. The van der Waals surface area contributed by atoms with E-state index in [0.29, 0.717) is 19.0 Å². The van der Waals surface area contributed by atoms with Crippen LogP contribution in [0.3, 0.4) is 0 Å². The molecule has 1 aromatic rings. The third-order valence-corrected chi connectivity index (χ3v) is 5.51. The van der Waals surface area contributed by atoms with Gasteiger partial charge in [-0.25, -0.2) is 0 Å². The predicted molar refractivity (Wildman–Crippen MR) is 91.9 cm³/mol. The summed E-state index contributed by atoms with van der Waals surface area (Å²) in [5, 5.41) is 9.42. The molecule has 0 aromatic heterocycles. The largest absolute Gasteiger partial charge is 0.480 e. The summed E-state index contributed by atoms with van der Waals surface area (Å²) >= 11 is 0. The van der Waals surface area contributed by atoms with E-state index in [2.05, 4.69) is 41.8 Å². The van der Waals surface area contributed by atoms with Crippen molar-refractivity contribution in [2.75, 3.05) is 24.5 Å². The maximum Gasteiger partial charge on any atom is 0.320 e. The van der Waals surface area contributed by atoms with E-state index in [1.54, 1.807) is 0 Å². The zero-order chi connectivity index (χ0) is 16.6. The molecule has 3 rings (SSSR count). The Bertz CT molecular complexity index is 582. The Morgan fingerprint density at radius 1 is 1.26 bits per heavy atom. The summed E-state index contributed by atoms with van der Waals surface area (Å²) in [6, 6.07) is 6.38. The van der Waals surface area contributed by atoms with Crippen molar-refractivity contribution in [3.63, 3.8) is 0 Å². The van der Waals surface area contributed by atoms with Gasteiger partial charge in [-0.05, 0) is 50.3 Å². The number of carboxylic acids is 1. The van der Waals surface area contributed by atoms with Crippen molar-refractivity contribution < 1.29 is 9.90 Å². The van der Waals surface area contributed by atoms with Gasteiger partial charge in [-0.1, -0.05) is 12.1 Å². The topological polar surface area (TPSA) is 69.8 Å². The molecule has 126 valence electrons. The second-order valence-electron chi connectivity index (χ2n) is 6.98. The molecule has 0 aliphatic carbocycles. The molecule has 0 unspecified atom stereocenters. The second kappa shape index (κ2) is 6.49. The Labute approximate surface area is 138 Å². The summed E-state index contributed by atoms with van der Waals surface area (Å²) in [7, 11) is 0. The fraction of sp³-hybridized carbons (Fsp3) is 0.611. The Morgan fingerprint density at radius 2 is 1.96 bits per heavy atom. The lowest BCUT2D eigenvalue weighted by Gasteiger charge is -2.39. The molecule has 2 saturated heterocycles. The monoisotopic (exact) mass is 317 g/mol. The van der Waals surface area contributed by atoms with Crippen LogP contribution in [0.15, 0.2) is 18.2 Å². The van der Waals surface area contributed by atoms with Gasteiger partial charge in [0.15, 0.2) is 0 Å². The van der Waals surface area contributed by atoms with Gasteiger partial charge in [0.25, 0.3) is 0 Å². The van der Waals surface area contributed by atoms with Crippen molar-refractivity contribution in [3.8, 4) is 0 Å². The van der Waals surface area contributed by atoms with Crippen LogP contribution in [0.2, 0.25) is 0 Å². The first-order valence-corrected chi connectivity index (χ1v) is 8.52. The molecule has 23 heavy (non-hydrogen) atoms. The second-order valence-corrected chi connectivity index (χ2v) is 6.98. The zero-order valence-electron chi connectivity index (χ0n) is 14.0. The molecule has 2 aliphatic rings. The first-order chi connectivity index (χ1) is 11.0. The molecular weight excluding hydrogens is 290 g/mol. The van der Waals surface area contributed by atoms with E-state index in [4.69, 9.17) is 5.73 Å².